The summed E-state index contributed by atoms with van der Waals surface area (Å²) in [6, 6.07) is 0. The van der Waals surface area contributed by atoms with Crippen molar-refractivity contribution in [1.82, 2.24) is 0 Å². The number of hydrogen-bond acceptors (Lipinski definition) is 4. The number of allylic oxidation sites excluding steroid dienone is 2. The van der Waals surface area contributed by atoms with Crippen LogP contribution < -0.4 is 0 Å². The molecule has 38 heavy (non-hydrogen) atoms. The van der Waals surface area contributed by atoms with Crippen molar-refractivity contribution in [3.63, 3.8) is 0 Å². The van der Waals surface area contributed by atoms with Crippen LogP contribution in [0.5, 0.6) is 0 Å². The van der Waals surface area contributed by atoms with E-state index in [4.69, 9.17) is 9.47 Å². The topological polar surface area (TPSA) is 52.6 Å². The van der Waals surface area contributed by atoms with Gasteiger partial charge in [-0.3, -0.25) is 9.59 Å². The maximum absolute atomic E-state index is 11.7. The predicted molar refractivity (Wildman–Crippen MR) is 162 cm³/mol. The number of hydrogen-bond donors (Lipinski definition) is 0. The van der Waals surface area contributed by atoms with Crippen LogP contribution in [0.1, 0.15) is 181 Å². The molecule has 0 aromatic heterocycles. The van der Waals surface area contributed by atoms with Gasteiger partial charge < -0.3 is 9.47 Å². The van der Waals surface area contributed by atoms with Gasteiger partial charge in [0.15, 0.2) is 0 Å². The Morgan fingerprint density at radius 3 is 1.13 bits per heavy atom. The first kappa shape index (κ1) is 36.7. The van der Waals surface area contributed by atoms with Gasteiger partial charge in [-0.05, 0) is 51.4 Å². The third-order valence-electron chi connectivity index (χ3n) is 7.19. The number of unbranched alkanes of at least 4 members (excludes halogenated alkanes) is 20. The minimum absolute atomic E-state index is 0.00805. The highest BCUT2D eigenvalue weighted by molar-refractivity contribution is 5.69. The first-order chi connectivity index (χ1) is 18.7. The molecular formula is C34H64O4. The molecule has 0 aliphatic rings. The zero-order chi connectivity index (χ0) is 27.8. The van der Waals surface area contributed by atoms with Crippen molar-refractivity contribution in [2.75, 3.05) is 13.2 Å². The van der Waals surface area contributed by atoms with Crippen LogP contribution in [0.15, 0.2) is 12.2 Å². The summed E-state index contributed by atoms with van der Waals surface area (Å²) in [7, 11) is 0. The molecule has 0 aromatic rings. The fraction of sp³-hybridized carbons (Fsp3) is 0.882. The van der Waals surface area contributed by atoms with Crippen molar-refractivity contribution in [2.24, 2.45) is 0 Å². The molecule has 0 amide bonds. The summed E-state index contributed by atoms with van der Waals surface area (Å²) in [5, 5.41) is 0. The lowest BCUT2D eigenvalue weighted by Gasteiger charge is -2.05. The van der Waals surface area contributed by atoms with Crippen LogP contribution in [0, 0.1) is 0 Å². The maximum Gasteiger partial charge on any atom is 0.305 e. The van der Waals surface area contributed by atoms with Crippen molar-refractivity contribution in [3.05, 3.63) is 12.2 Å². The number of esters is 2. The van der Waals surface area contributed by atoms with E-state index in [2.05, 4.69) is 26.0 Å². The molecule has 0 atom stereocenters. The Hall–Kier alpha value is -1.32. The van der Waals surface area contributed by atoms with Crippen LogP contribution >= 0.6 is 0 Å². The first-order valence-corrected chi connectivity index (χ1v) is 16.7. The predicted octanol–water partition coefficient (Wildman–Crippen LogP) is 10.8. The lowest BCUT2D eigenvalue weighted by Crippen LogP contribution is -2.05. The summed E-state index contributed by atoms with van der Waals surface area (Å²) >= 11 is 0. The summed E-state index contributed by atoms with van der Waals surface area (Å²) in [5.74, 6) is -0.0161. The maximum atomic E-state index is 11.7. The Bertz CT molecular complexity index is 483. The molecule has 224 valence electrons. The minimum Gasteiger partial charge on any atom is -0.466 e. The Balaban J connectivity index is 3.24. The quantitative estimate of drug-likeness (QED) is 0.0520. The highest BCUT2D eigenvalue weighted by Crippen LogP contribution is 2.12. The fourth-order valence-electron chi connectivity index (χ4n) is 4.64. The van der Waals surface area contributed by atoms with E-state index in [0.717, 1.165) is 38.5 Å². The standard InChI is InChI=1S/C34H64O4/c1-3-5-7-23-27-31-37-33(35)29-25-21-19-17-15-13-11-9-10-12-14-16-18-20-22-26-30-34(36)38-32-28-24-8-6-4-2/h9-10H,3-8,11-32H2,1-2H3/b10-9+. The highest BCUT2D eigenvalue weighted by atomic mass is 16.5. The summed E-state index contributed by atoms with van der Waals surface area (Å²) in [6.45, 7) is 5.64. The summed E-state index contributed by atoms with van der Waals surface area (Å²) in [6.07, 6.45) is 34.6. The van der Waals surface area contributed by atoms with Crippen molar-refractivity contribution in [2.45, 2.75) is 181 Å². The summed E-state index contributed by atoms with van der Waals surface area (Å²) in [5.41, 5.74) is 0. The van der Waals surface area contributed by atoms with Gasteiger partial charge in [0.25, 0.3) is 0 Å². The fourth-order valence-corrected chi connectivity index (χ4v) is 4.64. The third kappa shape index (κ3) is 30.9. The molecule has 4 heteroatoms. The van der Waals surface area contributed by atoms with E-state index >= 15 is 0 Å². The van der Waals surface area contributed by atoms with E-state index in [1.807, 2.05) is 0 Å². The molecule has 0 radical (unpaired) electrons. The zero-order valence-electron chi connectivity index (χ0n) is 25.6. The lowest BCUT2D eigenvalue weighted by atomic mass is 10.1. The van der Waals surface area contributed by atoms with Crippen molar-refractivity contribution >= 4 is 11.9 Å². The number of carbonyl (C=O) groups excluding carboxylic acids is 2. The molecule has 0 bridgehead atoms. The number of ether oxygens (including phenoxy) is 2. The summed E-state index contributed by atoms with van der Waals surface area (Å²) in [4.78, 5) is 23.5. The van der Waals surface area contributed by atoms with E-state index in [1.165, 1.54) is 116 Å². The van der Waals surface area contributed by atoms with Gasteiger partial charge in [-0.2, -0.15) is 0 Å². The van der Waals surface area contributed by atoms with Crippen molar-refractivity contribution in [1.29, 1.82) is 0 Å². The molecule has 0 spiro atoms. The van der Waals surface area contributed by atoms with Gasteiger partial charge in [0.2, 0.25) is 0 Å². The molecular weight excluding hydrogens is 472 g/mol. The largest absolute Gasteiger partial charge is 0.466 e. The van der Waals surface area contributed by atoms with Crippen LogP contribution in [-0.4, -0.2) is 25.2 Å². The molecule has 0 aromatic carbocycles. The minimum atomic E-state index is -0.00805. The molecule has 4 nitrogen and oxygen atoms in total. The Morgan fingerprint density at radius 1 is 0.421 bits per heavy atom. The molecule has 0 aliphatic carbocycles. The van der Waals surface area contributed by atoms with Crippen LogP contribution in [-0.2, 0) is 19.1 Å². The molecule has 0 fully saturated rings. The smallest absolute Gasteiger partial charge is 0.305 e. The SMILES string of the molecule is CCCCCCCOC(=O)CCCCCCCC/C=C/CCCCCCCCC(=O)OCCCCCCC. The third-order valence-corrected chi connectivity index (χ3v) is 7.19. The van der Waals surface area contributed by atoms with Gasteiger partial charge in [-0.15, -0.1) is 0 Å². The second kappa shape index (κ2) is 31.9. The molecule has 0 saturated carbocycles. The molecule has 0 heterocycles. The highest BCUT2D eigenvalue weighted by Gasteiger charge is 2.03. The van der Waals surface area contributed by atoms with Crippen LogP contribution in [0.25, 0.3) is 0 Å². The van der Waals surface area contributed by atoms with Crippen molar-refractivity contribution < 1.29 is 19.1 Å². The monoisotopic (exact) mass is 536 g/mol. The molecule has 0 N–H and O–H groups in total. The first-order valence-electron chi connectivity index (χ1n) is 16.7. The summed E-state index contributed by atoms with van der Waals surface area (Å²) < 4.78 is 10.6. The second-order valence-electron chi connectivity index (χ2n) is 11.1. The van der Waals surface area contributed by atoms with Gasteiger partial charge in [0, 0.05) is 12.8 Å². The number of carbonyl (C=O) groups is 2. The molecule has 0 saturated heterocycles. The van der Waals surface area contributed by atoms with Gasteiger partial charge in [0.1, 0.15) is 0 Å². The van der Waals surface area contributed by atoms with Gasteiger partial charge in [-0.25, -0.2) is 0 Å². The molecule has 0 aliphatic heterocycles. The van der Waals surface area contributed by atoms with Gasteiger partial charge in [-0.1, -0.05) is 129 Å². The van der Waals surface area contributed by atoms with Crippen LogP contribution in [0.3, 0.4) is 0 Å². The van der Waals surface area contributed by atoms with E-state index in [9.17, 15) is 9.59 Å². The van der Waals surface area contributed by atoms with Gasteiger partial charge in [0.05, 0.1) is 13.2 Å². The Kier molecular flexibility index (Phi) is 30.8. The normalized spacial score (nSPS) is 11.3. The van der Waals surface area contributed by atoms with Gasteiger partial charge >= 0.3 is 11.9 Å². The molecule has 0 unspecified atom stereocenters. The Morgan fingerprint density at radius 2 is 0.737 bits per heavy atom. The average molecular weight is 537 g/mol. The second-order valence-corrected chi connectivity index (χ2v) is 11.1. The van der Waals surface area contributed by atoms with Crippen LogP contribution in [0.4, 0.5) is 0 Å². The van der Waals surface area contributed by atoms with E-state index < -0.39 is 0 Å². The van der Waals surface area contributed by atoms with E-state index in [-0.39, 0.29) is 11.9 Å². The molecule has 0 rings (SSSR count). The average Bonchev–Trinajstić information content (AvgIpc) is 2.91. The number of rotatable bonds is 30. The Labute approximate surface area is 237 Å². The van der Waals surface area contributed by atoms with E-state index in [0.29, 0.717) is 26.1 Å². The van der Waals surface area contributed by atoms with Crippen LogP contribution in [0.2, 0.25) is 0 Å². The van der Waals surface area contributed by atoms with E-state index in [1.54, 1.807) is 0 Å². The van der Waals surface area contributed by atoms with Crippen molar-refractivity contribution in [3.8, 4) is 0 Å². The zero-order valence-corrected chi connectivity index (χ0v) is 25.6. The lowest BCUT2D eigenvalue weighted by molar-refractivity contribution is -0.144.